The van der Waals surface area contributed by atoms with Crippen molar-refractivity contribution in [2.75, 3.05) is 5.32 Å². The number of nitrogens with two attached hydrogens (primary N) is 1. The number of rotatable bonds is 5. The van der Waals surface area contributed by atoms with Gasteiger partial charge in [-0.25, -0.2) is 10.2 Å². The molecule has 0 saturated heterocycles. The predicted molar refractivity (Wildman–Crippen MR) is 130 cm³/mol. The summed E-state index contributed by atoms with van der Waals surface area (Å²) in [6.45, 7) is 3.03. The summed E-state index contributed by atoms with van der Waals surface area (Å²) >= 11 is 0. The number of nitrogens with one attached hydrogen (secondary N) is 3. The number of nitrogens with zero attached hydrogens (tertiary/aromatic N) is 1. The zero-order valence-corrected chi connectivity index (χ0v) is 18.9. The number of anilines is 1. The molecule has 0 bridgehead atoms. The molecule has 8 nitrogen and oxygen atoms in total. The Morgan fingerprint density at radius 2 is 1.65 bits per heavy atom. The van der Waals surface area contributed by atoms with Gasteiger partial charge in [-0.2, -0.15) is 0 Å². The molecule has 0 fully saturated rings. The molecule has 1 heterocycles. The van der Waals surface area contributed by atoms with Crippen LogP contribution in [0.1, 0.15) is 32.6 Å². The minimum absolute atomic E-state index is 0.289. The minimum atomic E-state index is -0.625. The SMILES string of the molecule is Cc1cc(NC(=O)NNC(=O)C2Cc3ccccc3CN2Cc2ccccc2)cc(C(N)=O)c1. The maximum absolute atomic E-state index is 13.1. The summed E-state index contributed by atoms with van der Waals surface area (Å²) in [6.07, 6.45) is 0.540. The van der Waals surface area contributed by atoms with Crippen LogP contribution in [0.5, 0.6) is 0 Å². The zero-order chi connectivity index (χ0) is 24.1. The molecule has 34 heavy (non-hydrogen) atoms. The van der Waals surface area contributed by atoms with E-state index in [2.05, 4.69) is 27.1 Å². The molecule has 1 atom stereocenters. The quantitative estimate of drug-likeness (QED) is 0.441. The second kappa shape index (κ2) is 10.2. The number of fused-ring (bicyclic) bond motifs is 1. The lowest BCUT2D eigenvalue weighted by atomic mass is 9.93. The van der Waals surface area contributed by atoms with Crippen LogP contribution in [-0.2, 0) is 24.3 Å². The highest BCUT2D eigenvalue weighted by Gasteiger charge is 2.31. The molecule has 3 aromatic rings. The van der Waals surface area contributed by atoms with Crippen molar-refractivity contribution in [1.82, 2.24) is 15.8 Å². The van der Waals surface area contributed by atoms with E-state index in [-0.39, 0.29) is 11.5 Å². The Bertz CT molecular complexity index is 1210. The van der Waals surface area contributed by atoms with Crippen LogP contribution in [0.3, 0.4) is 0 Å². The number of hydrogen-bond acceptors (Lipinski definition) is 4. The molecule has 1 aliphatic rings. The van der Waals surface area contributed by atoms with Crippen molar-refractivity contribution in [2.24, 2.45) is 5.73 Å². The standard InChI is InChI=1S/C26H27N5O3/c1-17-11-21(24(27)32)13-22(12-17)28-26(34)30-29-25(33)23-14-19-9-5-6-10-20(19)16-31(23)15-18-7-3-2-4-8-18/h2-13,23H,14-16H2,1H3,(H2,27,32)(H,29,33)(H2,28,30,34). The second-order valence-electron chi connectivity index (χ2n) is 8.40. The van der Waals surface area contributed by atoms with Gasteiger partial charge in [0.15, 0.2) is 0 Å². The van der Waals surface area contributed by atoms with Crippen LogP contribution < -0.4 is 21.9 Å². The van der Waals surface area contributed by atoms with E-state index < -0.39 is 18.0 Å². The normalized spacial score (nSPS) is 15.1. The summed E-state index contributed by atoms with van der Waals surface area (Å²) in [5, 5.41) is 2.62. The minimum Gasteiger partial charge on any atom is -0.366 e. The van der Waals surface area contributed by atoms with Crippen LogP contribution in [0.2, 0.25) is 0 Å². The average molecular weight is 458 g/mol. The third-order valence-electron chi connectivity index (χ3n) is 5.80. The Hall–Kier alpha value is -4.17. The van der Waals surface area contributed by atoms with E-state index in [0.29, 0.717) is 25.2 Å². The topological polar surface area (TPSA) is 117 Å². The fourth-order valence-corrected chi connectivity index (χ4v) is 4.18. The van der Waals surface area contributed by atoms with Gasteiger partial charge in [-0.05, 0) is 53.8 Å². The molecule has 0 aliphatic carbocycles. The fourth-order valence-electron chi connectivity index (χ4n) is 4.18. The first-order valence-corrected chi connectivity index (χ1v) is 11.0. The maximum Gasteiger partial charge on any atom is 0.337 e. The van der Waals surface area contributed by atoms with Gasteiger partial charge in [0.05, 0.1) is 6.04 Å². The van der Waals surface area contributed by atoms with Crippen LogP contribution in [-0.4, -0.2) is 28.8 Å². The molecule has 0 spiro atoms. The summed E-state index contributed by atoms with van der Waals surface area (Å²) in [7, 11) is 0. The largest absolute Gasteiger partial charge is 0.366 e. The van der Waals surface area contributed by atoms with E-state index in [1.54, 1.807) is 19.1 Å². The van der Waals surface area contributed by atoms with Crippen molar-refractivity contribution in [3.05, 3.63) is 101 Å². The van der Waals surface area contributed by atoms with Crippen LogP contribution in [0, 0.1) is 6.92 Å². The van der Waals surface area contributed by atoms with E-state index >= 15 is 0 Å². The van der Waals surface area contributed by atoms with E-state index in [9.17, 15) is 14.4 Å². The Morgan fingerprint density at radius 3 is 2.38 bits per heavy atom. The Balaban J connectivity index is 1.43. The van der Waals surface area contributed by atoms with Crippen LogP contribution >= 0.6 is 0 Å². The zero-order valence-electron chi connectivity index (χ0n) is 18.9. The number of amides is 4. The first-order chi connectivity index (χ1) is 16.4. The van der Waals surface area contributed by atoms with Gasteiger partial charge in [0.1, 0.15) is 0 Å². The van der Waals surface area contributed by atoms with Crippen LogP contribution in [0.15, 0.2) is 72.8 Å². The van der Waals surface area contributed by atoms with Crippen molar-refractivity contribution in [2.45, 2.75) is 32.5 Å². The molecule has 0 saturated carbocycles. The Labute approximate surface area is 198 Å². The van der Waals surface area contributed by atoms with Gasteiger partial charge in [-0.15, -0.1) is 0 Å². The summed E-state index contributed by atoms with van der Waals surface area (Å²) < 4.78 is 0. The van der Waals surface area contributed by atoms with Crippen molar-refractivity contribution >= 4 is 23.5 Å². The summed E-state index contributed by atoms with van der Waals surface area (Å²) in [6, 6.07) is 21.8. The van der Waals surface area contributed by atoms with Crippen molar-refractivity contribution in [3.8, 4) is 0 Å². The molecule has 1 unspecified atom stereocenters. The predicted octanol–water partition coefficient (Wildman–Crippen LogP) is 2.87. The van der Waals surface area contributed by atoms with Crippen molar-refractivity contribution in [3.63, 3.8) is 0 Å². The summed E-state index contributed by atoms with van der Waals surface area (Å²) in [5.74, 6) is -0.890. The molecule has 0 aromatic heterocycles. The molecule has 174 valence electrons. The number of hydrazine groups is 1. The first-order valence-electron chi connectivity index (χ1n) is 11.0. The Kier molecular flexibility index (Phi) is 6.89. The maximum atomic E-state index is 13.1. The van der Waals surface area contributed by atoms with Crippen molar-refractivity contribution < 1.29 is 14.4 Å². The molecule has 4 rings (SSSR count). The number of primary amides is 1. The van der Waals surface area contributed by atoms with Gasteiger partial charge in [0.2, 0.25) is 5.91 Å². The lowest BCUT2D eigenvalue weighted by molar-refractivity contribution is -0.128. The van der Waals surface area contributed by atoms with Gasteiger partial charge in [-0.1, -0.05) is 54.6 Å². The van der Waals surface area contributed by atoms with Gasteiger partial charge in [0.25, 0.3) is 5.91 Å². The third-order valence-corrected chi connectivity index (χ3v) is 5.80. The van der Waals surface area contributed by atoms with Crippen LogP contribution in [0.25, 0.3) is 0 Å². The van der Waals surface area contributed by atoms with E-state index in [4.69, 9.17) is 5.73 Å². The lowest BCUT2D eigenvalue weighted by Crippen LogP contribution is -2.54. The van der Waals surface area contributed by atoms with Crippen LogP contribution in [0.4, 0.5) is 10.5 Å². The molecule has 4 amide bonds. The average Bonchev–Trinajstić information content (AvgIpc) is 2.82. The Morgan fingerprint density at radius 1 is 0.941 bits per heavy atom. The van der Waals surface area contributed by atoms with E-state index in [1.165, 1.54) is 11.6 Å². The first kappa shape index (κ1) is 23.0. The molecule has 1 aliphatic heterocycles. The molecular formula is C26H27N5O3. The second-order valence-corrected chi connectivity index (χ2v) is 8.40. The van der Waals surface area contributed by atoms with Crippen molar-refractivity contribution in [1.29, 1.82) is 0 Å². The summed E-state index contributed by atoms with van der Waals surface area (Å²) in [5.41, 5.74) is 15.2. The monoisotopic (exact) mass is 457 g/mol. The highest BCUT2D eigenvalue weighted by molar-refractivity contribution is 5.96. The highest BCUT2D eigenvalue weighted by Crippen LogP contribution is 2.25. The van der Waals surface area contributed by atoms with Gasteiger partial charge >= 0.3 is 6.03 Å². The molecule has 0 radical (unpaired) electrons. The molecule has 3 aromatic carbocycles. The number of carbonyl (C=O) groups excluding carboxylic acids is 3. The van der Waals surface area contributed by atoms with Gasteiger partial charge in [0, 0.05) is 24.3 Å². The smallest absolute Gasteiger partial charge is 0.337 e. The van der Waals surface area contributed by atoms with E-state index in [0.717, 1.165) is 16.7 Å². The molecular weight excluding hydrogens is 430 g/mol. The number of aryl methyl sites for hydroxylation is 1. The molecule has 5 N–H and O–H groups in total. The fraction of sp³-hybridized carbons (Fsp3) is 0.192. The van der Waals surface area contributed by atoms with Gasteiger partial charge < -0.3 is 11.1 Å². The van der Waals surface area contributed by atoms with E-state index in [1.807, 2.05) is 48.5 Å². The van der Waals surface area contributed by atoms with Gasteiger partial charge in [-0.3, -0.25) is 19.9 Å². The number of benzene rings is 3. The number of urea groups is 1. The lowest BCUT2D eigenvalue weighted by Gasteiger charge is -2.36. The third kappa shape index (κ3) is 5.60. The number of carbonyl (C=O) groups is 3. The number of hydrogen-bond donors (Lipinski definition) is 4. The molecule has 8 heteroatoms. The highest BCUT2D eigenvalue weighted by atomic mass is 16.2. The summed E-state index contributed by atoms with van der Waals surface area (Å²) in [4.78, 5) is 39.1.